The molecule has 0 saturated carbocycles. The predicted molar refractivity (Wildman–Crippen MR) is 190 cm³/mol. The van der Waals surface area contributed by atoms with Gasteiger partial charge in [0.25, 0.3) is 0 Å². The summed E-state index contributed by atoms with van der Waals surface area (Å²) in [6.07, 6.45) is 0. The highest BCUT2D eigenvalue weighted by Crippen LogP contribution is 2.53. The van der Waals surface area contributed by atoms with Gasteiger partial charge in [0.05, 0.1) is 0 Å². The van der Waals surface area contributed by atoms with E-state index >= 15 is 4.57 Å². The highest BCUT2D eigenvalue weighted by atomic mass is 31.2. The van der Waals surface area contributed by atoms with Crippen LogP contribution >= 0.6 is 7.14 Å². The van der Waals surface area contributed by atoms with Gasteiger partial charge in [0, 0.05) is 21.3 Å². The van der Waals surface area contributed by atoms with Crippen LogP contribution in [0, 0.1) is 0 Å². The Morgan fingerprint density at radius 3 is 1.61 bits per heavy atom. The lowest BCUT2D eigenvalue weighted by atomic mass is 9.93. The Hall–Kier alpha value is -5.63. The Kier molecular flexibility index (Phi) is 6.09. The zero-order valence-corrected chi connectivity index (χ0v) is 25.7. The van der Waals surface area contributed by atoms with Crippen LogP contribution in [-0.4, -0.2) is 0 Å². The molecule has 0 aromatic heterocycles. The molecule has 0 aliphatic carbocycles. The van der Waals surface area contributed by atoms with Crippen LogP contribution in [0.25, 0.3) is 43.4 Å². The number of rotatable bonds is 4. The molecule has 0 unspecified atom stereocenters. The first-order chi connectivity index (χ1) is 22.7. The topological polar surface area (TPSA) is 35.5 Å². The third kappa shape index (κ3) is 4.10. The van der Waals surface area contributed by atoms with Crippen molar-refractivity contribution in [1.82, 2.24) is 0 Å². The number of ether oxygens (including phenoxy) is 2. The molecule has 0 saturated heterocycles. The SMILES string of the molecule is O=P(c1ccccc1)(c1ccccc1)c1cccc2c(-c3cc4c(c5ccccc35)Oc3cc5ccccc5cc3O4)cccc12. The van der Waals surface area contributed by atoms with Gasteiger partial charge in [-0.3, -0.25) is 0 Å². The van der Waals surface area contributed by atoms with E-state index in [2.05, 4.69) is 60.7 Å². The Bertz CT molecular complexity index is 2460. The van der Waals surface area contributed by atoms with E-state index in [4.69, 9.17) is 9.47 Å². The molecule has 46 heavy (non-hydrogen) atoms. The fourth-order valence-electron chi connectivity index (χ4n) is 6.82. The molecule has 3 nitrogen and oxygen atoms in total. The Morgan fingerprint density at radius 2 is 0.913 bits per heavy atom. The van der Waals surface area contributed by atoms with Gasteiger partial charge in [0.2, 0.25) is 0 Å². The third-order valence-electron chi connectivity index (χ3n) is 8.97. The molecule has 1 aliphatic rings. The number of fused-ring (bicyclic) bond motifs is 6. The van der Waals surface area contributed by atoms with E-state index in [1.165, 1.54) is 0 Å². The van der Waals surface area contributed by atoms with Gasteiger partial charge in [-0.05, 0) is 56.3 Å². The summed E-state index contributed by atoms with van der Waals surface area (Å²) in [5, 5.41) is 8.67. The van der Waals surface area contributed by atoms with Crippen molar-refractivity contribution in [1.29, 1.82) is 0 Å². The zero-order chi connectivity index (χ0) is 30.7. The average Bonchev–Trinajstić information content (AvgIpc) is 3.13. The number of hydrogen-bond donors (Lipinski definition) is 0. The van der Waals surface area contributed by atoms with Crippen molar-refractivity contribution in [3.63, 3.8) is 0 Å². The van der Waals surface area contributed by atoms with Crippen LogP contribution < -0.4 is 25.4 Å². The minimum absolute atomic E-state index is 0.670. The summed E-state index contributed by atoms with van der Waals surface area (Å²) in [4.78, 5) is 0. The molecule has 1 aliphatic heterocycles. The quantitative estimate of drug-likeness (QED) is 0.186. The Balaban J connectivity index is 1.27. The maximum atomic E-state index is 15.5. The summed E-state index contributed by atoms with van der Waals surface area (Å²) in [5.41, 5.74) is 2.07. The minimum Gasteiger partial charge on any atom is -0.449 e. The third-order valence-corrected chi connectivity index (χ3v) is 12.1. The molecule has 218 valence electrons. The molecule has 9 rings (SSSR count). The first-order valence-corrected chi connectivity index (χ1v) is 17.1. The Labute approximate surface area is 266 Å². The fraction of sp³-hybridized carbons (Fsp3) is 0. The zero-order valence-electron chi connectivity index (χ0n) is 24.8. The van der Waals surface area contributed by atoms with Crippen LogP contribution in [0.1, 0.15) is 0 Å². The lowest BCUT2D eigenvalue weighted by Crippen LogP contribution is -2.25. The van der Waals surface area contributed by atoms with Crippen molar-refractivity contribution in [2.75, 3.05) is 0 Å². The standard InChI is InChI=1S/C42H27O3P/c43-46(30-15-3-1-4-16-30,31-17-5-2-6-18-31)41-24-12-22-32-33(21-11-23-35(32)41)37-27-40-42(36-20-10-9-19-34(36)37)45-39-26-29-14-8-7-13-28(29)25-38(39)44-40/h1-27H. The highest BCUT2D eigenvalue weighted by molar-refractivity contribution is 7.85. The number of hydrogen-bond acceptors (Lipinski definition) is 3. The molecule has 0 N–H and O–H groups in total. The maximum Gasteiger partial charge on any atom is 0.177 e. The smallest absolute Gasteiger partial charge is 0.177 e. The van der Waals surface area contributed by atoms with Crippen molar-refractivity contribution < 1.29 is 14.0 Å². The van der Waals surface area contributed by atoms with Gasteiger partial charge in [-0.2, -0.15) is 0 Å². The van der Waals surface area contributed by atoms with Crippen molar-refractivity contribution >= 4 is 55.4 Å². The van der Waals surface area contributed by atoms with E-state index in [1.807, 2.05) is 103 Å². The van der Waals surface area contributed by atoms with Gasteiger partial charge >= 0.3 is 0 Å². The first-order valence-electron chi connectivity index (χ1n) is 15.4. The predicted octanol–water partition coefficient (Wildman–Crippen LogP) is 10.4. The van der Waals surface area contributed by atoms with Crippen LogP contribution in [0.15, 0.2) is 164 Å². The van der Waals surface area contributed by atoms with Gasteiger partial charge in [0.1, 0.15) is 0 Å². The van der Waals surface area contributed by atoms with Gasteiger partial charge in [-0.15, -0.1) is 0 Å². The monoisotopic (exact) mass is 610 g/mol. The van der Waals surface area contributed by atoms with E-state index in [0.717, 1.165) is 59.4 Å². The fourth-order valence-corrected chi connectivity index (χ4v) is 9.69. The van der Waals surface area contributed by atoms with E-state index in [1.54, 1.807) is 0 Å². The molecule has 0 amide bonds. The van der Waals surface area contributed by atoms with Crippen molar-refractivity contribution in [2.24, 2.45) is 0 Å². The number of benzene rings is 8. The summed E-state index contributed by atoms with van der Waals surface area (Å²) in [5.74, 6) is 2.78. The van der Waals surface area contributed by atoms with Crippen molar-refractivity contribution in [2.45, 2.75) is 0 Å². The molecular formula is C42H27O3P. The van der Waals surface area contributed by atoms with Gasteiger partial charge in [0.15, 0.2) is 30.1 Å². The van der Waals surface area contributed by atoms with E-state index in [0.29, 0.717) is 23.0 Å². The van der Waals surface area contributed by atoms with Crippen molar-refractivity contribution in [3.8, 4) is 34.1 Å². The molecule has 8 aromatic carbocycles. The highest BCUT2D eigenvalue weighted by Gasteiger charge is 2.32. The summed E-state index contributed by atoms with van der Waals surface area (Å²) < 4.78 is 28.6. The summed E-state index contributed by atoms with van der Waals surface area (Å²) in [6, 6.07) is 54.9. The molecule has 0 radical (unpaired) electrons. The second kappa shape index (κ2) is 10.5. The summed E-state index contributed by atoms with van der Waals surface area (Å²) in [7, 11) is -3.20. The van der Waals surface area contributed by atoms with Crippen molar-refractivity contribution in [3.05, 3.63) is 164 Å². The minimum atomic E-state index is -3.20. The average molecular weight is 611 g/mol. The van der Waals surface area contributed by atoms with Gasteiger partial charge in [-0.25, -0.2) is 0 Å². The van der Waals surface area contributed by atoms with E-state index in [9.17, 15) is 0 Å². The van der Waals surface area contributed by atoms with Crippen LogP contribution in [0.3, 0.4) is 0 Å². The van der Waals surface area contributed by atoms with Gasteiger partial charge in [-0.1, -0.05) is 146 Å². The lowest BCUT2D eigenvalue weighted by Gasteiger charge is -2.25. The van der Waals surface area contributed by atoms with Gasteiger partial charge < -0.3 is 14.0 Å². The molecule has 0 fully saturated rings. The molecule has 0 spiro atoms. The largest absolute Gasteiger partial charge is 0.449 e. The molecule has 8 aromatic rings. The van der Waals surface area contributed by atoms with E-state index in [-0.39, 0.29) is 0 Å². The van der Waals surface area contributed by atoms with E-state index < -0.39 is 7.14 Å². The first kappa shape index (κ1) is 26.7. The summed E-state index contributed by atoms with van der Waals surface area (Å²) in [6.45, 7) is 0. The van der Waals surface area contributed by atoms with Crippen LogP contribution in [-0.2, 0) is 4.57 Å². The second-order valence-corrected chi connectivity index (χ2v) is 14.3. The van der Waals surface area contributed by atoms with Crippen LogP contribution in [0.2, 0.25) is 0 Å². The molecule has 0 bridgehead atoms. The normalized spacial score (nSPS) is 12.3. The van der Waals surface area contributed by atoms with Crippen LogP contribution in [0.4, 0.5) is 0 Å². The Morgan fingerprint density at radius 1 is 0.391 bits per heavy atom. The molecule has 1 heterocycles. The summed E-state index contributed by atoms with van der Waals surface area (Å²) >= 11 is 0. The van der Waals surface area contributed by atoms with Crippen LogP contribution in [0.5, 0.6) is 23.0 Å². The lowest BCUT2D eigenvalue weighted by molar-refractivity contribution is 0.364. The molecular weight excluding hydrogens is 583 g/mol. The molecule has 4 heteroatoms. The second-order valence-electron chi connectivity index (χ2n) is 11.6. The maximum absolute atomic E-state index is 15.5. The molecule has 0 atom stereocenters.